The Morgan fingerprint density at radius 1 is 1.07 bits per heavy atom. The summed E-state index contributed by atoms with van der Waals surface area (Å²) in [5.41, 5.74) is 2.62. The second kappa shape index (κ2) is 12.2. The predicted octanol–water partition coefficient (Wildman–Crippen LogP) is 5.03. The number of benzene rings is 1. The van der Waals surface area contributed by atoms with Crippen LogP contribution in [0.2, 0.25) is 0 Å². The molecule has 0 radical (unpaired) electrons. The number of hydrogen-bond acceptors (Lipinski definition) is 5. The van der Waals surface area contributed by atoms with Gasteiger partial charge in [-0.25, -0.2) is 0 Å². The average Bonchev–Trinajstić information content (AvgIpc) is 2.77. The second-order valence-corrected chi connectivity index (χ2v) is 9.81. The Balaban J connectivity index is 1.46. The van der Waals surface area contributed by atoms with Crippen molar-refractivity contribution in [3.05, 3.63) is 23.3 Å². The molecule has 170 valence electrons. The van der Waals surface area contributed by atoms with E-state index in [-0.39, 0.29) is 18.8 Å². The van der Waals surface area contributed by atoms with Crippen LogP contribution in [-0.2, 0) is 6.42 Å². The van der Waals surface area contributed by atoms with Crippen LogP contribution in [0.4, 0.5) is 4.39 Å². The number of alkyl halides is 1. The number of nitrogens with zero attached hydrogens (tertiary/aromatic N) is 1. The number of ether oxygens (including phenoxy) is 2. The van der Waals surface area contributed by atoms with Gasteiger partial charge in [-0.3, -0.25) is 9.29 Å². The van der Waals surface area contributed by atoms with E-state index in [4.69, 9.17) is 9.47 Å². The molecule has 30 heavy (non-hydrogen) atoms. The van der Waals surface area contributed by atoms with Crippen molar-refractivity contribution >= 4 is 11.8 Å². The van der Waals surface area contributed by atoms with E-state index in [9.17, 15) is 9.50 Å². The molecule has 2 aliphatic rings. The van der Waals surface area contributed by atoms with Gasteiger partial charge in [0.1, 0.15) is 0 Å². The molecule has 0 bridgehead atoms. The molecule has 0 unspecified atom stereocenters. The van der Waals surface area contributed by atoms with Crippen molar-refractivity contribution in [2.75, 3.05) is 45.5 Å². The lowest BCUT2D eigenvalue weighted by Crippen LogP contribution is -2.48. The van der Waals surface area contributed by atoms with Crippen LogP contribution in [-0.4, -0.2) is 61.6 Å². The first-order valence-corrected chi connectivity index (χ1v) is 12.6. The number of piperidine rings is 1. The van der Waals surface area contributed by atoms with E-state index in [1.54, 1.807) is 26.0 Å². The van der Waals surface area contributed by atoms with Crippen molar-refractivity contribution in [2.24, 2.45) is 5.92 Å². The van der Waals surface area contributed by atoms with Crippen molar-refractivity contribution in [1.29, 1.82) is 0 Å². The monoisotopic (exact) mass is 438 g/mol. The summed E-state index contributed by atoms with van der Waals surface area (Å²) in [6, 6.07) is 4.51. The fourth-order valence-corrected chi connectivity index (χ4v) is 5.72. The molecule has 0 spiro atoms. The zero-order chi connectivity index (χ0) is 21.3. The molecule has 6 heteroatoms. The third-order valence-corrected chi connectivity index (χ3v) is 7.70. The van der Waals surface area contributed by atoms with Crippen LogP contribution in [0.3, 0.4) is 0 Å². The molecular weight excluding hydrogens is 400 g/mol. The number of thioether (sulfide) groups is 1. The summed E-state index contributed by atoms with van der Waals surface area (Å²) in [4.78, 5) is 2.56. The summed E-state index contributed by atoms with van der Waals surface area (Å²) in [5.74, 6) is 3.67. The van der Waals surface area contributed by atoms with Gasteiger partial charge in [-0.15, -0.1) is 0 Å². The maximum atomic E-state index is 12.1. The van der Waals surface area contributed by atoms with Crippen molar-refractivity contribution in [3.8, 4) is 11.5 Å². The lowest BCUT2D eigenvalue weighted by atomic mass is 9.80. The molecule has 1 aromatic rings. The Labute approximate surface area is 185 Å². The van der Waals surface area contributed by atoms with Gasteiger partial charge in [-0.1, -0.05) is 25.7 Å². The summed E-state index contributed by atoms with van der Waals surface area (Å²) >= 11 is 1.72. The number of aliphatic hydroxyl groups excluding tert-OH is 1. The van der Waals surface area contributed by atoms with Crippen molar-refractivity contribution < 1.29 is 19.0 Å². The van der Waals surface area contributed by atoms with Gasteiger partial charge < -0.3 is 14.6 Å². The van der Waals surface area contributed by atoms with Crippen LogP contribution >= 0.6 is 11.8 Å². The van der Waals surface area contributed by atoms with E-state index in [0.717, 1.165) is 49.6 Å². The minimum absolute atomic E-state index is 0.209. The van der Waals surface area contributed by atoms with Crippen LogP contribution < -0.4 is 9.47 Å². The molecule has 3 atom stereocenters. The Hall–Kier alpha value is -0.980. The molecule has 1 N–H and O–H groups in total. The highest BCUT2D eigenvalue weighted by Crippen LogP contribution is 2.43. The van der Waals surface area contributed by atoms with E-state index < -0.39 is 0 Å². The summed E-state index contributed by atoms with van der Waals surface area (Å²) in [5, 5.41) is 10.9. The quantitative estimate of drug-likeness (QED) is 0.464. The Morgan fingerprint density at radius 2 is 1.80 bits per heavy atom. The van der Waals surface area contributed by atoms with Gasteiger partial charge in [0, 0.05) is 24.9 Å². The van der Waals surface area contributed by atoms with Gasteiger partial charge in [0.15, 0.2) is 11.5 Å². The molecule has 1 saturated heterocycles. The van der Waals surface area contributed by atoms with Crippen LogP contribution in [0.15, 0.2) is 12.1 Å². The van der Waals surface area contributed by atoms with Gasteiger partial charge >= 0.3 is 0 Å². The number of rotatable bonds is 12. The molecule has 4 nitrogen and oxygen atoms in total. The van der Waals surface area contributed by atoms with E-state index in [2.05, 4.69) is 17.0 Å². The highest BCUT2D eigenvalue weighted by molar-refractivity contribution is 7.99. The van der Waals surface area contributed by atoms with E-state index in [1.165, 1.54) is 43.2 Å². The van der Waals surface area contributed by atoms with E-state index in [0.29, 0.717) is 11.7 Å². The number of aliphatic hydroxyl groups is 1. The summed E-state index contributed by atoms with van der Waals surface area (Å²) < 4.78 is 23.1. The second-order valence-electron chi connectivity index (χ2n) is 8.59. The first-order valence-electron chi connectivity index (χ1n) is 11.5. The lowest BCUT2D eigenvalue weighted by molar-refractivity contribution is -0.0158. The van der Waals surface area contributed by atoms with Gasteiger partial charge in [0.05, 0.1) is 27.0 Å². The summed E-state index contributed by atoms with van der Waals surface area (Å²) in [6.07, 6.45) is 8.82. The zero-order valence-electron chi connectivity index (χ0n) is 18.6. The van der Waals surface area contributed by atoms with Crippen LogP contribution in [0.5, 0.6) is 11.5 Å². The van der Waals surface area contributed by atoms with E-state index >= 15 is 0 Å². The van der Waals surface area contributed by atoms with Gasteiger partial charge in [-0.2, -0.15) is 11.8 Å². The number of unbranched alkanes of at least 4 members (excludes halogenated alkanes) is 4. The Kier molecular flexibility index (Phi) is 9.60. The van der Waals surface area contributed by atoms with Crippen LogP contribution in [0, 0.1) is 5.92 Å². The minimum atomic E-state index is -0.234. The molecule has 2 heterocycles. The van der Waals surface area contributed by atoms with Crippen LogP contribution in [0.25, 0.3) is 0 Å². The number of fused-ring (bicyclic) bond motifs is 3. The summed E-state index contributed by atoms with van der Waals surface area (Å²) in [6.45, 7) is 1.83. The molecule has 0 aromatic heterocycles. The fourth-order valence-electron chi connectivity index (χ4n) is 5.00. The van der Waals surface area contributed by atoms with Crippen molar-refractivity contribution in [2.45, 2.75) is 63.5 Å². The first kappa shape index (κ1) is 23.7. The van der Waals surface area contributed by atoms with Crippen molar-refractivity contribution in [3.63, 3.8) is 0 Å². The SMILES string of the molecule is COc1cc2c(cc1OC)[C@@H]1C[C@H](O)[C@@H](CCCCCCCSCC[18F])CN1CC2. The van der Waals surface area contributed by atoms with E-state index in [1.807, 2.05) is 0 Å². The number of methoxy groups -OCH3 is 2. The fraction of sp³-hybridized carbons (Fsp3) is 0.750. The third kappa shape index (κ3) is 6.04. The normalized spacial score (nSPS) is 23.7. The van der Waals surface area contributed by atoms with Gasteiger partial charge in [0.25, 0.3) is 0 Å². The Bertz CT molecular complexity index is 660. The lowest BCUT2D eigenvalue weighted by Gasteiger charge is -2.46. The standard InChI is InChI=1S/C24H38FNO3S/c1-28-23-14-18-9-11-26-17-19(8-6-4-3-5-7-12-30-13-10-25)22(27)16-21(26)20(18)15-24(23)29-2/h14-15,19,21-22,27H,3-13,16-17H2,1-2H3/t19-,21-,22-/m0/s1/i25-1. The molecule has 0 saturated carbocycles. The van der Waals surface area contributed by atoms with Gasteiger partial charge in [-0.05, 0) is 60.6 Å². The molecule has 2 aliphatic heterocycles. The predicted molar refractivity (Wildman–Crippen MR) is 123 cm³/mol. The van der Waals surface area contributed by atoms with Crippen molar-refractivity contribution in [1.82, 2.24) is 4.90 Å². The summed E-state index contributed by atoms with van der Waals surface area (Å²) in [7, 11) is 3.36. The molecule has 0 amide bonds. The molecule has 1 aromatic carbocycles. The topological polar surface area (TPSA) is 41.9 Å². The minimum Gasteiger partial charge on any atom is -0.493 e. The smallest absolute Gasteiger partial charge is 0.161 e. The zero-order valence-corrected chi connectivity index (χ0v) is 19.4. The molecular formula is C24H38FNO3S. The number of hydrogen-bond donors (Lipinski definition) is 1. The molecule has 0 aliphatic carbocycles. The first-order chi connectivity index (χ1) is 14.7. The van der Waals surface area contributed by atoms with Gasteiger partial charge in [0.2, 0.25) is 0 Å². The largest absolute Gasteiger partial charge is 0.493 e. The average molecular weight is 439 g/mol. The highest BCUT2D eigenvalue weighted by atomic mass is 32.2. The third-order valence-electron chi connectivity index (χ3n) is 6.68. The van der Waals surface area contributed by atoms with Crippen LogP contribution in [0.1, 0.15) is 62.1 Å². The highest BCUT2D eigenvalue weighted by Gasteiger charge is 2.38. The Morgan fingerprint density at radius 3 is 2.57 bits per heavy atom. The maximum absolute atomic E-state index is 12.1. The molecule has 3 rings (SSSR count). The number of halogens is 1. The maximum Gasteiger partial charge on any atom is 0.161 e. The molecule has 1 fully saturated rings.